The Balaban J connectivity index is 1.38. The van der Waals surface area contributed by atoms with E-state index >= 15 is 0 Å². The zero-order chi connectivity index (χ0) is 28.3. The van der Waals surface area contributed by atoms with E-state index in [1.807, 2.05) is 37.3 Å². The number of benzene rings is 4. The molecule has 0 saturated heterocycles. The third kappa shape index (κ3) is 5.49. The average molecular weight is 612 g/mol. The summed E-state index contributed by atoms with van der Waals surface area (Å²) in [6.07, 6.45) is 1.55. The van der Waals surface area contributed by atoms with Gasteiger partial charge in [0.25, 0.3) is 5.56 Å². The SMILES string of the molecule is CCOc1cc(C=Nn2c(-c3cc4cc(Br)ccc4o3)nc3ccccc3c2=O)ccc1OCc1ccccc1F. The van der Waals surface area contributed by atoms with Gasteiger partial charge in [0.1, 0.15) is 18.0 Å². The van der Waals surface area contributed by atoms with Crippen molar-refractivity contribution in [3.05, 3.63) is 123 Å². The van der Waals surface area contributed by atoms with E-state index in [-0.39, 0.29) is 23.8 Å². The molecule has 6 rings (SSSR count). The summed E-state index contributed by atoms with van der Waals surface area (Å²) < 4.78 is 33.9. The van der Waals surface area contributed by atoms with Crippen LogP contribution in [0.1, 0.15) is 18.1 Å². The van der Waals surface area contributed by atoms with E-state index in [9.17, 15) is 9.18 Å². The van der Waals surface area contributed by atoms with Crippen LogP contribution >= 0.6 is 15.9 Å². The van der Waals surface area contributed by atoms with Crippen LogP contribution in [-0.2, 0) is 6.61 Å². The molecule has 7 nitrogen and oxygen atoms in total. The molecule has 0 radical (unpaired) electrons. The van der Waals surface area contributed by atoms with Gasteiger partial charge in [0.15, 0.2) is 17.3 Å². The molecule has 2 heterocycles. The molecule has 0 amide bonds. The van der Waals surface area contributed by atoms with E-state index in [1.165, 1.54) is 10.7 Å². The topological polar surface area (TPSA) is 78.9 Å². The first-order valence-corrected chi connectivity index (χ1v) is 13.7. The van der Waals surface area contributed by atoms with E-state index in [0.29, 0.717) is 51.5 Å². The lowest BCUT2D eigenvalue weighted by Gasteiger charge is -2.13. The first-order chi connectivity index (χ1) is 20.0. The van der Waals surface area contributed by atoms with Crippen molar-refractivity contribution < 1.29 is 18.3 Å². The fourth-order valence-electron chi connectivity index (χ4n) is 4.40. The Bertz CT molecular complexity index is 1980. The highest BCUT2D eigenvalue weighted by Crippen LogP contribution is 2.31. The summed E-state index contributed by atoms with van der Waals surface area (Å²) in [5.41, 5.74) is 1.96. The van der Waals surface area contributed by atoms with Crippen molar-refractivity contribution in [3.63, 3.8) is 0 Å². The standard InChI is InChI=1S/C32H23BrFN3O4/c1-2-39-29-15-20(11-13-28(29)40-19-21-7-3-5-9-25(21)34)18-35-37-31(36-26-10-6-4-8-24(26)32(37)38)30-17-22-16-23(33)12-14-27(22)41-30/h3-18H,2,19H2,1H3. The van der Waals surface area contributed by atoms with Gasteiger partial charge in [-0.2, -0.15) is 9.78 Å². The minimum Gasteiger partial charge on any atom is -0.490 e. The maximum atomic E-state index is 14.1. The van der Waals surface area contributed by atoms with Crippen molar-refractivity contribution in [2.45, 2.75) is 13.5 Å². The maximum absolute atomic E-state index is 14.1. The molecule has 4 aromatic carbocycles. The number of fused-ring (bicyclic) bond motifs is 2. The number of halogens is 2. The lowest BCUT2D eigenvalue weighted by atomic mass is 10.2. The number of para-hydroxylation sites is 1. The molecule has 2 aromatic heterocycles. The van der Waals surface area contributed by atoms with E-state index in [0.717, 1.165) is 9.86 Å². The largest absolute Gasteiger partial charge is 0.490 e. The van der Waals surface area contributed by atoms with Crippen LogP contribution in [0.15, 0.2) is 110 Å². The maximum Gasteiger partial charge on any atom is 0.282 e. The molecule has 0 aliphatic rings. The van der Waals surface area contributed by atoms with Gasteiger partial charge >= 0.3 is 0 Å². The minimum atomic E-state index is -0.337. The Labute approximate surface area is 242 Å². The summed E-state index contributed by atoms with van der Waals surface area (Å²) in [5, 5.41) is 5.82. The summed E-state index contributed by atoms with van der Waals surface area (Å²) in [6.45, 7) is 2.31. The van der Waals surface area contributed by atoms with Crippen LogP contribution in [-0.4, -0.2) is 22.5 Å². The second kappa shape index (κ2) is 11.4. The highest BCUT2D eigenvalue weighted by molar-refractivity contribution is 9.10. The minimum absolute atomic E-state index is 0.0514. The second-order valence-electron chi connectivity index (χ2n) is 9.13. The first kappa shape index (κ1) is 26.5. The lowest BCUT2D eigenvalue weighted by molar-refractivity contribution is 0.266. The van der Waals surface area contributed by atoms with Crippen molar-refractivity contribution in [2.75, 3.05) is 6.61 Å². The fraction of sp³-hybridized carbons (Fsp3) is 0.0938. The smallest absolute Gasteiger partial charge is 0.282 e. The molecule has 9 heteroatoms. The van der Waals surface area contributed by atoms with Crippen LogP contribution < -0.4 is 15.0 Å². The van der Waals surface area contributed by atoms with Crippen molar-refractivity contribution in [1.82, 2.24) is 9.66 Å². The van der Waals surface area contributed by atoms with Gasteiger partial charge in [0.2, 0.25) is 5.82 Å². The molecule has 0 unspecified atom stereocenters. The zero-order valence-corrected chi connectivity index (χ0v) is 23.5. The quantitative estimate of drug-likeness (QED) is 0.166. The molecule has 204 valence electrons. The molecule has 0 fully saturated rings. The second-order valence-corrected chi connectivity index (χ2v) is 10.0. The number of hydrogen-bond acceptors (Lipinski definition) is 6. The Kier molecular flexibility index (Phi) is 7.35. The van der Waals surface area contributed by atoms with Crippen molar-refractivity contribution >= 4 is 44.0 Å². The molecule has 0 bridgehead atoms. The van der Waals surface area contributed by atoms with Crippen molar-refractivity contribution in [1.29, 1.82) is 0 Å². The number of rotatable bonds is 8. The number of hydrogen-bond donors (Lipinski definition) is 0. The number of furan rings is 1. The highest BCUT2D eigenvalue weighted by Gasteiger charge is 2.17. The molecule has 6 aromatic rings. The Morgan fingerprint density at radius 3 is 2.66 bits per heavy atom. The summed E-state index contributed by atoms with van der Waals surface area (Å²) >= 11 is 3.48. The molecule has 0 spiro atoms. The van der Waals surface area contributed by atoms with Gasteiger partial charge < -0.3 is 13.9 Å². The van der Waals surface area contributed by atoms with E-state index in [2.05, 4.69) is 21.0 Å². The lowest BCUT2D eigenvalue weighted by Crippen LogP contribution is -2.20. The molecule has 0 aliphatic heterocycles. The third-order valence-corrected chi connectivity index (χ3v) is 6.88. The molecular formula is C32H23BrFN3O4. The summed E-state index contributed by atoms with van der Waals surface area (Å²) in [7, 11) is 0. The van der Waals surface area contributed by atoms with Gasteiger partial charge in [0, 0.05) is 15.4 Å². The number of nitrogens with zero attached hydrogens (tertiary/aromatic N) is 3. The normalized spacial score (nSPS) is 11.5. The predicted molar refractivity (Wildman–Crippen MR) is 160 cm³/mol. The van der Waals surface area contributed by atoms with Gasteiger partial charge in [-0.3, -0.25) is 4.79 Å². The molecule has 0 saturated carbocycles. The monoisotopic (exact) mass is 611 g/mol. The zero-order valence-electron chi connectivity index (χ0n) is 21.9. The third-order valence-electron chi connectivity index (χ3n) is 6.38. The van der Waals surface area contributed by atoms with Crippen LogP contribution in [0.5, 0.6) is 11.5 Å². The van der Waals surface area contributed by atoms with Crippen molar-refractivity contribution in [2.24, 2.45) is 5.10 Å². The average Bonchev–Trinajstić information content (AvgIpc) is 3.40. The van der Waals surface area contributed by atoms with Crippen LogP contribution in [0.25, 0.3) is 33.5 Å². The van der Waals surface area contributed by atoms with Gasteiger partial charge in [-0.1, -0.05) is 46.3 Å². The van der Waals surface area contributed by atoms with Crippen LogP contribution in [0.3, 0.4) is 0 Å². The van der Waals surface area contributed by atoms with Gasteiger partial charge in [-0.05, 0) is 73.2 Å². The fourth-order valence-corrected chi connectivity index (χ4v) is 4.78. The molecule has 0 N–H and O–H groups in total. The Morgan fingerprint density at radius 1 is 0.976 bits per heavy atom. The van der Waals surface area contributed by atoms with Crippen molar-refractivity contribution in [3.8, 4) is 23.1 Å². The summed E-state index contributed by atoms with van der Waals surface area (Å²) in [6, 6.07) is 26.3. The van der Waals surface area contributed by atoms with Crippen LogP contribution in [0, 0.1) is 5.82 Å². The predicted octanol–water partition coefficient (Wildman–Crippen LogP) is 7.57. The Morgan fingerprint density at radius 2 is 1.80 bits per heavy atom. The molecule has 0 atom stereocenters. The molecule has 0 aliphatic carbocycles. The number of aromatic nitrogens is 2. The van der Waals surface area contributed by atoms with Crippen LogP contribution in [0.4, 0.5) is 4.39 Å². The molecular weight excluding hydrogens is 589 g/mol. The van der Waals surface area contributed by atoms with Gasteiger partial charge in [-0.25, -0.2) is 9.37 Å². The van der Waals surface area contributed by atoms with Gasteiger partial charge in [0.05, 0.1) is 23.7 Å². The first-order valence-electron chi connectivity index (χ1n) is 12.9. The Hall–Kier alpha value is -4.76. The summed E-state index contributed by atoms with van der Waals surface area (Å²) in [5.74, 6) is 1.28. The highest BCUT2D eigenvalue weighted by atomic mass is 79.9. The van der Waals surface area contributed by atoms with E-state index < -0.39 is 0 Å². The summed E-state index contributed by atoms with van der Waals surface area (Å²) in [4.78, 5) is 18.3. The van der Waals surface area contributed by atoms with Gasteiger partial charge in [-0.15, -0.1) is 0 Å². The van der Waals surface area contributed by atoms with Crippen LogP contribution in [0.2, 0.25) is 0 Å². The number of ether oxygens (including phenoxy) is 2. The van der Waals surface area contributed by atoms with E-state index in [4.69, 9.17) is 18.9 Å². The molecule has 41 heavy (non-hydrogen) atoms. The van der Waals surface area contributed by atoms with E-state index in [1.54, 1.807) is 60.8 Å².